The molecule has 0 N–H and O–H groups in total. The van der Waals surface area contributed by atoms with Gasteiger partial charge >= 0.3 is 0 Å². The molecular formula is C9H18BBr. The maximum atomic E-state index is 3.44. The van der Waals surface area contributed by atoms with E-state index in [1.165, 1.54) is 17.2 Å². The SMILES string of the molecule is B/C(Br)=C/CC(CC)C(C)C. The molecule has 0 saturated heterocycles. The molecule has 0 rings (SSSR count). The summed E-state index contributed by atoms with van der Waals surface area (Å²) < 4.78 is 1.26. The third-order valence-corrected chi connectivity index (χ3v) is 2.49. The molecule has 0 nitrogen and oxygen atoms in total. The first-order valence-electron chi connectivity index (χ1n) is 4.40. The van der Waals surface area contributed by atoms with Crippen molar-refractivity contribution in [3.63, 3.8) is 0 Å². The van der Waals surface area contributed by atoms with Crippen molar-refractivity contribution in [2.45, 2.75) is 33.6 Å². The van der Waals surface area contributed by atoms with Crippen LogP contribution < -0.4 is 0 Å². The molecule has 0 heterocycles. The molecule has 0 bridgehead atoms. The Balaban J connectivity index is 3.79. The van der Waals surface area contributed by atoms with Crippen LogP contribution in [0.3, 0.4) is 0 Å². The van der Waals surface area contributed by atoms with Crippen LogP contribution >= 0.6 is 15.9 Å². The van der Waals surface area contributed by atoms with Crippen LogP contribution in [0.5, 0.6) is 0 Å². The van der Waals surface area contributed by atoms with Gasteiger partial charge in [-0.05, 0) is 18.3 Å². The van der Waals surface area contributed by atoms with E-state index in [9.17, 15) is 0 Å². The molecule has 0 radical (unpaired) electrons. The molecule has 0 fully saturated rings. The Morgan fingerprint density at radius 3 is 2.36 bits per heavy atom. The van der Waals surface area contributed by atoms with E-state index in [1.54, 1.807) is 0 Å². The zero-order valence-corrected chi connectivity index (χ0v) is 9.61. The number of hydrogen-bond acceptors (Lipinski definition) is 0. The fourth-order valence-electron chi connectivity index (χ4n) is 1.22. The topological polar surface area (TPSA) is 0 Å². The lowest BCUT2D eigenvalue weighted by Gasteiger charge is -2.16. The summed E-state index contributed by atoms with van der Waals surface area (Å²) in [4.78, 5) is 0. The van der Waals surface area contributed by atoms with Crippen molar-refractivity contribution in [1.29, 1.82) is 0 Å². The van der Waals surface area contributed by atoms with E-state index in [-0.39, 0.29) is 0 Å². The predicted octanol–water partition coefficient (Wildman–Crippen LogP) is 2.93. The third kappa shape index (κ3) is 5.54. The third-order valence-electron chi connectivity index (χ3n) is 2.17. The summed E-state index contributed by atoms with van der Waals surface area (Å²) in [6.45, 7) is 6.86. The molecular weight excluding hydrogens is 199 g/mol. The van der Waals surface area contributed by atoms with Crippen LogP contribution in [0.2, 0.25) is 0 Å². The minimum absolute atomic E-state index is 0.808. The maximum absolute atomic E-state index is 3.44. The van der Waals surface area contributed by atoms with Crippen molar-refractivity contribution in [3.8, 4) is 0 Å². The molecule has 0 aliphatic carbocycles. The van der Waals surface area contributed by atoms with E-state index in [0.717, 1.165) is 11.8 Å². The molecule has 0 aliphatic rings. The second kappa shape index (κ2) is 5.88. The number of allylic oxidation sites excluding steroid dienone is 1. The van der Waals surface area contributed by atoms with Crippen LogP contribution in [0.15, 0.2) is 10.5 Å². The minimum Gasteiger partial charge on any atom is -0.0839 e. The van der Waals surface area contributed by atoms with Crippen LogP contribution in [0.1, 0.15) is 33.6 Å². The van der Waals surface area contributed by atoms with Gasteiger partial charge in [-0.15, -0.1) is 0 Å². The highest BCUT2D eigenvalue weighted by atomic mass is 79.9. The molecule has 1 atom stereocenters. The molecule has 0 saturated carbocycles. The average molecular weight is 217 g/mol. The zero-order valence-electron chi connectivity index (χ0n) is 8.02. The molecule has 0 aromatic carbocycles. The Bertz CT molecular complexity index is 126. The van der Waals surface area contributed by atoms with Crippen molar-refractivity contribution in [1.82, 2.24) is 0 Å². The summed E-state index contributed by atoms with van der Waals surface area (Å²) in [5.41, 5.74) is 0. The number of hydrogen-bond donors (Lipinski definition) is 0. The Morgan fingerprint density at radius 2 is 2.09 bits per heavy atom. The van der Waals surface area contributed by atoms with Gasteiger partial charge < -0.3 is 0 Å². The van der Waals surface area contributed by atoms with Crippen molar-refractivity contribution in [3.05, 3.63) is 10.5 Å². The van der Waals surface area contributed by atoms with Crippen molar-refractivity contribution < 1.29 is 0 Å². The van der Waals surface area contributed by atoms with Gasteiger partial charge in [0, 0.05) is 0 Å². The first kappa shape index (κ1) is 11.3. The maximum Gasteiger partial charge on any atom is 0.148 e. The Hall–Kier alpha value is 0.285. The smallest absolute Gasteiger partial charge is 0.0839 e. The Morgan fingerprint density at radius 1 is 1.55 bits per heavy atom. The van der Waals surface area contributed by atoms with Gasteiger partial charge in [-0.25, -0.2) is 0 Å². The van der Waals surface area contributed by atoms with Crippen LogP contribution in [0, 0.1) is 11.8 Å². The minimum atomic E-state index is 0.808. The van der Waals surface area contributed by atoms with E-state index < -0.39 is 0 Å². The van der Waals surface area contributed by atoms with E-state index in [4.69, 9.17) is 0 Å². The first-order chi connectivity index (χ1) is 5.07. The Kier molecular flexibility index (Phi) is 6.03. The molecule has 64 valence electrons. The second-order valence-electron chi connectivity index (χ2n) is 3.44. The Labute approximate surface area is 80.0 Å². The largest absolute Gasteiger partial charge is 0.148 e. The van der Waals surface area contributed by atoms with Gasteiger partial charge in [-0.2, -0.15) is 0 Å². The summed E-state index contributed by atoms with van der Waals surface area (Å²) in [6, 6.07) is 0. The fraction of sp³-hybridized carbons (Fsp3) is 0.778. The van der Waals surface area contributed by atoms with Crippen molar-refractivity contribution >= 4 is 23.8 Å². The lowest BCUT2D eigenvalue weighted by atomic mass is 9.89. The standard InChI is InChI=1S/C9H18BBr/c1-4-8(7(2)3)5-6-9(10)11/h6-8H,4-5,10H2,1-3H3/b9-6-. The molecule has 11 heavy (non-hydrogen) atoms. The quantitative estimate of drug-likeness (QED) is 0.635. The van der Waals surface area contributed by atoms with Crippen LogP contribution in [-0.4, -0.2) is 7.85 Å². The summed E-state index contributed by atoms with van der Waals surface area (Å²) in [5, 5.41) is 0. The molecule has 1 unspecified atom stereocenters. The van der Waals surface area contributed by atoms with Gasteiger partial charge in [-0.3, -0.25) is 0 Å². The predicted molar refractivity (Wildman–Crippen MR) is 58.8 cm³/mol. The number of halogens is 1. The summed E-state index contributed by atoms with van der Waals surface area (Å²) >= 11 is 3.44. The molecule has 0 aliphatic heterocycles. The van der Waals surface area contributed by atoms with E-state index in [1.807, 2.05) is 0 Å². The molecule has 0 aromatic rings. The summed E-state index contributed by atoms with van der Waals surface area (Å²) in [6.07, 6.45) is 4.77. The van der Waals surface area contributed by atoms with E-state index in [2.05, 4.69) is 50.6 Å². The second-order valence-corrected chi connectivity index (χ2v) is 4.69. The lowest BCUT2D eigenvalue weighted by molar-refractivity contribution is 0.377. The highest BCUT2D eigenvalue weighted by Crippen LogP contribution is 2.20. The van der Waals surface area contributed by atoms with Crippen LogP contribution in [0.4, 0.5) is 0 Å². The van der Waals surface area contributed by atoms with Crippen LogP contribution in [0.25, 0.3) is 0 Å². The van der Waals surface area contributed by atoms with Crippen molar-refractivity contribution in [2.75, 3.05) is 0 Å². The van der Waals surface area contributed by atoms with Gasteiger partial charge in [0.1, 0.15) is 7.85 Å². The fourth-order valence-corrected chi connectivity index (χ4v) is 1.41. The molecule has 2 heteroatoms. The van der Waals surface area contributed by atoms with E-state index in [0.29, 0.717) is 0 Å². The molecule has 0 amide bonds. The average Bonchev–Trinajstić information content (AvgIpc) is 1.87. The van der Waals surface area contributed by atoms with Gasteiger partial charge in [0.25, 0.3) is 0 Å². The number of rotatable bonds is 4. The van der Waals surface area contributed by atoms with Gasteiger partial charge in [0.05, 0.1) is 0 Å². The van der Waals surface area contributed by atoms with Gasteiger partial charge in [0.15, 0.2) is 0 Å². The zero-order chi connectivity index (χ0) is 8.85. The normalized spacial score (nSPS) is 15.5. The lowest BCUT2D eigenvalue weighted by Crippen LogP contribution is -2.05. The van der Waals surface area contributed by atoms with Gasteiger partial charge in [0.2, 0.25) is 0 Å². The van der Waals surface area contributed by atoms with E-state index >= 15 is 0 Å². The molecule has 0 spiro atoms. The summed E-state index contributed by atoms with van der Waals surface area (Å²) in [7, 11) is 2.09. The highest BCUT2D eigenvalue weighted by Gasteiger charge is 2.08. The molecule has 0 aromatic heterocycles. The highest BCUT2D eigenvalue weighted by molar-refractivity contribution is 9.12. The van der Waals surface area contributed by atoms with Crippen LogP contribution in [-0.2, 0) is 0 Å². The van der Waals surface area contributed by atoms with Crippen molar-refractivity contribution in [2.24, 2.45) is 11.8 Å². The summed E-state index contributed by atoms with van der Waals surface area (Å²) in [5.74, 6) is 1.66. The first-order valence-corrected chi connectivity index (χ1v) is 5.19. The van der Waals surface area contributed by atoms with Gasteiger partial charge in [-0.1, -0.05) is 53.6 Å². The monoisotopic (exact) mass is 216 g/mol.